The van der Waals surface area contributed by atoms with Gasteiger partial charge in [-0.25, -0.2) is 4.68 Å². The first-order chi connectivity index (χ1) is 11.6. The third-order valence-corrected chi connectivity index (χ3v) is 3.66. The summed E-state index contributed by atoms with van der Waals surface area (Å²) in [6, 6.07) is 7.49. The maximum Gasteiger partial charge on any atom is 0.261 e. The van der Waals surface area contributed by atoms with Crippen LogP contribution in [0.25, 0.3) is 5.69 Å². The Morgan fingerprint density at radius 1 is 1.38 bits per heavy atom. The lowest BCUT2D eigenvalue weighted by Crippen LogP contribution is -2.14. The number of nitrogens with zero attached hydrogens (tertiary/aromatic N) is 4. The first-order valence-electron chi connectivity index (χ1n) is 7.54. The summed E-state index contributed by atoms with van der Waals surface area (Å²) in [5.41, 5.74) is 1.91. The Balaban J connectivity index is 1.88. The van der Waals surface area contributed by atoms with Crippen LogP contribution >= 0.6 is 0 Å². The van der Waals surface area contributed by atoms with Gasteiger partial charge in [0.15, 0.2) is 0 Å². The van der Waals surface area contributed by atoms with Crippen LogP contribution in [-0.2, 0) is 6.42 Å². The molecule has 0 unspecified atom stereocenters. The Bertz CT molecular complexity index is 867. The Kier molecular flexibility index (Phi) is 4.28. The summed E-state index contributed by atoms with van der Waals surface area (Å²) in [7, 11) is 1.60. The minimum Gasteiger partial charge on any atom is -0.494 e. The van der Waals surface area contributed by atoms with Gasteiger partial charge in [-0.05, 0) is 19.1 Å². The van der Waals surface area contributed by atoms with Gasteiger partial charge in [0.05, 0.1) is 24.6 Å². The standard InChI is InChI=1S/C16H18N6O2/c1-4-14-18-16(21-20-14)19-15(23)11-9-17-22(10(11)2)12-7-5-6-8-13(12)24-3/h5-9H,4H2,1-3H3,(H2,18,19,20,21,23). The fraction of sp³-hybridized carbons (Fsp3) is 0.250. The summed E-state index contributed by atoms with van der Waals surface area (Å²) in [6.07, 6.45) is 2.23. The van der Waals surface area contributed by atoms with Crippen molar-refractivity contribution in [1.29, 1.82) is 0 Å². The smallest absolute Gasteiger partial charge is 0.261 e. The molecule has 0 fully saturated rings. The van der Waals surface area contributed by atoms with Crippen molar-refractivity contribution in [2.24, 2.45) is 0 Å². The number of hydrogen-bond acceptors (Lipinski definition) is 5. The van der Waals surface area contributed by atoms with Crippen molar-refractivity contribution in [3.8, 4) is 11.4 Å². The number of hydrogen-bond donors (Lipinski definition) is 2. The Morgan fingerprint density at radius 3 is 2.88 bits per heavy atom. The molecule has 0 aliphatic heterocycles. The van der Waals surface area contributed by atoms with Gasteiger partial charge in [0.25, 0.3) is 5.91 Å². The van der Waals surface area contributed by atoms with Crippen molar-refractivity contribution in [3.63, 3.8) is 0 Å². The van der Waals surface area contributed by atoms with Crippen LogP contribution in [0.2, 0.25) is 0 Å². The number of para-hydroxylation sites is 2. The molecule has 3 rings (SSSR count). The molecule has 0 aliphatic carbocycles. The molecule has 0 saturated heterocycles. The maximum atomic E-state index is 12.4. The molecule has 124 valence electrons. The van der Waals surface area contributed by atoms with E-state index in [1.54, 1.807) is 11.8 Å². The van der Waals surface area contributed by atoms with Gasteiger partial charge in [0.2, 0.25) is 5.95 Å². The quantitative estimate of drug-likeness (QED) is 0.748. The third-order valence-electron chi connectivity index (χ3n) is 3.66. The normalized spacial score (nSPS) is 10.6. The maximum absolute atomic E-state index is 12.4. The molecule has 8 nitrogen and oxygen atoms in total. The van der Waals surface area contributed by atoms with E-state index in [4.69, 9.17) is 4.74 Å². The predicted molar refractivity (Wildman–Crippen MR) is 88.6 cm³/mol. The second-order valence-electron chi connectivity index (χ2n) is 5.14. The number of amides is 1. The van der Waals surface area contributed by atoms with Crippen molar-refractivity contribution < 1.29 is 9.53 Å². The molecular formula is C16H18N6O2. The second-order valence-corrected chi connectivity index (χ2v) is 5.14. The first-order valence-corrected chi connectivity index (χ1v) is 7.54. The first kappa shape index (κ1) is 15.7. The summed E-state index contributed by atoms with van der Waals surface area (Å²) in [5.74, 6) is 1.33. The highest BCUT2D eigenvalue weighted by atomic mass is 16.5. The number of rotatable bonds is 5. The van der Waals surface area contributed by atoms with E-state index in [0.29, 0.717) is 29.3 Å². The molecule has 0 radical (unpaired) electrons. The highest BCUT2D eigenvalue weighted by Crippen LogP contribution is 2.24. The molecule has 2 aromatic heterocycles. The van der Waals surface area contributed by atoms with E-state index in [2.05, 4.69) is 25.6 Å². The van der Waals surface area contributed by atoms with Gasteiger partial charge in [-0.1, -0.05) is 19.1 Å². The largest absolute Gasteiger partial charge is 0.494 e. The van der Waals surface area contributed by atoms with Crippen LogP contribution in [0.3, 0.4) is 0 Å². The Labute approximate surface area is 138 Å². The number of nitrogens with one attached hydrogen (secondary N) is 2. The van der Waals surface area contributed by atoms with Gasteiger partial charge >= 0.3 is 0 Å². The fourth-order valence-corrected chi connectivity index (χ4v) is 2.36. The second kappa shape index (κ2) is 6.53. The SMILES string of the molecule is CCc1nc(NC(=O)c2cnn(-c3ccccc3OC)c2C)n[nH]1. The van der Waals surface area contributed by atoms with Crippen molar-refractivity contribution in [2.45, 2.75) is 20.3 Å². The van der Waals surface area contributed by atoms with Crippen molar-refractivity contribution >= 4 is 11.9 Å². The minimum atomic E-state index is -0.310. The van der Waals surface area contributed by atoms with E-state index in [1.807, 2.05) is 38.1 Å². The summed E-state index contributed by atoms with van der Waals surface area (Å²) < 4.78 is 7.02. The number of anilines is 1. The zero-order valence-corrected chi connectivity index (χ0v) is 13.7. The van der Waals surface area contributed by atoms with Crippen LogP contribution in [0.1, 0.15) is 28.8 Å². The highest BCUT2D eigenvalue weighted by molar-refractivity contribution is 6.04. The van der Waals surface area contributed by atoms with E-state index in [0.717, 1.165) is 5.69 Å². The molecule has 2 N–H and O–H groups in total. The van der Waals surface area contributed by atoms with Crippen molar-refractivity contribution in [1.82, 2.24) is 25.0 Å². The number of carbonyl (C=O) groups is 1. The molecule has 1 aromatic carbocycles. The van der Waals surface area contributed by atoms with Gasteiger partial charge in [-0.3, -0.25) is 15.2 Å². The number of H-pyrrole nitrogens is 1. The van der Waals surface area contributed by atoms with Crippen LogP contribution in [0.15, 0.2) is 30.5 Å². The van der Waals surface area contributed by atoms with Crippen molar-refractivity contribution in [3.05, 3.63) is 47.5 Å². The van der Waals surface area contributed by atoms with Gasteiger partial charge in [-0.15, -0.1) is 5.10 Å². The number of methoxy groups -OCH3 is 1. The molecule has 2 heterocycles. The Hall–Kier alpha value is -3.16. The molecule has 24 heavy (non-hydrogen) atoms. The monoisotopic (exact) mass is 326 g/mol. The van der Waals surface area contributed by atoms with Crippen molar-refractivity contribution in [2.75, 3.05) is 12.4 Å². The van der Waals surface area contributed by atoms with Gasteiger partial charge < -0.3 is 4.74 Å². The van der Waals surface area contributed by atoms with E-state index in [9.17, 15) is 4.79 Å². The van der Waals surface area contributed by atoms with Gasteiger partial charge in [-0.2, -0.15) is 10.1 Å². The molecule has 0 saturated carbocycles. The predicted octanol–water partition coefficient (Wildman–Crippen LogP) is 2.12. The molecule has 3 aromatic rings. The Morgan fingerprint density at radius 2 is 2.17 bits per heavy atom. The van der Waals surface area contributed by atoms with Crippen LogP contribution in [0.4, 0.5) is 5.95 Å². The minimum absolute atomic E-state index is 0.251. The number of aromatic nitrogens is 5. The van der Waals surface area contributed by atoms with Crippen LogP contribution in [-0.4, -0.2) is 38.0 Å². The molecule has 0 aliphatic rings. The van der Waals surface area contributed by atoms with Gasteiger partial charge in [0.1, 0.15) is 17.3 Å². The lowest BCUT2D eigenvalue weighted by atomic mass is 10.2. The summed E-state index contributed by atoms with van der Waals surface area (Å²) in [6.45, 7) is 3.78. The highest BCUT2D eigenvalue weighted by Gasteiger charge is 2.18. The van der Waals surface area contributed by atoms with E-state index in [-0.39, 0.29) is 11.9 Å². The van der Waals surface area contributed by atoms with E-state index >= 15 is 0 Å². The van der Waals surface area contributed by atoms with Crippen LogP contribution in [0.5, 0.6) is 5.75 Å². The summed E-state index contributed by atoms with van der Waals surface area (Å²) >= 11 is 0. The molecule has 8 heteroatoms. The topological polar surface area (TPSA) is 97.7 Å². The molecule has 1 amide bonds. The molecule has 0 spiro atoms. The molecule has 0 atom stereocenters. The lowest BCUT2D eigenvalue weighted by Gasteiger charge is -2.10. The average Bonchev–Trinajstić information content (AvgIpc) is 3.21. The zero-order chi connectivity index (χ0) is 17.1. The zero-order valence-electron chi connectivity index (χ0n) is 13.7. The fourth-order valence-electron chi connectivity index (χ4n) is 2.36. The van der Waals surface area contributed by atoms with Crippen LogP contribution in [0, 0.1) is 6.92 Å². The number of benzene rings is 1. The average molecular weight is 326 g/mol. The number of aryl methyl sites for hydroxylation is 1. The number of aromatic amines is 1. The summed E-state index contributed by atoms with van der Waals surface area (Å²) in [5, 5.41) is 13.7. The lowest BCUT2D eigenvalue weighted by molar-refractivity contribution is 0.102. The molecule has 0 bridgehead atoms. The van der Waals surface area contributed by atoms with Crippen LogP contribution < -0.4 is 10.1 Å². The number of carbonyl (C=O) groups excluding carboxylic acids is 1. The van der Waals surface area contributed by atoms with Gasteiger partial charge in [0, 0.05) is 6.42 Å². The summed E-state index contributed by atoms with van der Waals surface area (Å²) in [4.78, 5) is 16.6. The van der Waals surface area contributed by atoms with E-state index < -0.39 is 0 Å². The third kappa shape index (κ3) is 2.85. The molecular weight excluding hydrogens is 308 g/mol. The van der Waals surface area contributed by atoms with E-state index in [1.165, 1.54) is 6.20 Å². The number of ether oxygens (including phenoxy) is 1.